The van der Waals surface area contributed by atoms with Crippen LogP contribution in [0.2, 0.25) is 0 Å². The summed E-state index contributed by atoms with van der Waals surface area (Å²) in [6.45, 7) is 13.3. The highest BCUT2D eigenvalue weighted by atomic mass is 15.3. The molecule has 0 spiro atoms. The second-order valence-electron chi connectivity index (χ2n) is 5.59. The van der Waals surface area contributed by atoms with Crippen molar-refractivity contribution in [1.29, 1.82) is 0 Å². The van der Waals surface area contributed by atoms with Crippen LogP contribution in [0.25, 0.3) is 0 Å². The first kappa shape index (κ1) is 10.4. The van der Waals surface area contributed by atoms with Gasteiger partial charge in [-0.3, -0.25) is 4.90 Å². The van der Waals surface area contributed by atoms with Crippen LogP contribution >= 0.6 is 0 Å². The van der Waals surface area contributed by atoms with E-state index in [1.54, 1.807) is 0 Å². The number of nitrogens with zero attached hydrogens (tertiary/aromatic N) is 1. The van der Waals surface area contributed by atoms with Gasteiger partial charge in [-0.2, -0.15) is 0 Å². The number of hydrogen-bond donors (Lipinski definition) is 1. The van der Waals surface area contributed by atoms with Crippen LogP contribution in [0.1, 0.15) is 34.1 Å². The smallest absolute Gasteiger partial charge is 0.0200 e. The summed E-state index contributed by atoms with van der Waals surface area (Å²) >= 11 is 0. The molecule has 0 aromatic rings. The van der Waals surface area contributed by atoms with Crippen LogP contribution in [-0.2, 0) is 0 Å². The highest BCUT2D eigenvalue weighted by Gasteiger charge is 2.50. The Labute approximate surface area is 88.1 Å². The molecule has 2 aliphatic heterocycles. The van der Waals surface area contributed by atoms with Crippen molar-refractivity contribution >= 4 is 0 Å². The van der Waals surface area contributed by atoms with Gasteiger partial charge in [0.15, 0.2) is 0 Å². The van der Waals surface area contributed by atoms with E-state index in [9.17, 15) is 0 Å². The van der Waals surface area contributed by atoms with Crippen LogP contribution in [0, 0.1) is 11.8 Å². The van der Waals surface area contributed by atoms with Gasteiger partial charge in [0.25, 0.3) is 0 Å². The summed E-state index contributed by atoms with van der Waals surface area (Å²) in [5, 5.41) is 3.53. The second-order valence-corrected chi connectivity index (χ2v) is 5.59. The number of hydrogen-bond acceptors (Lipinski definition) is 2. The maximum Gasteiger partial charge on any atom is 0.0200 e. The Morgan fingerprint density at radius 3 is 2.71 bits per heavy atom. The van der Waals surface area contributed by atoms with Gasteiger partial charge in [-0.25, -0.2) is 0 Å². The summed E-state index contributed by atoms with van der Waals surface area (Å²) in [5.74, 6) is 1.77. The first-order chi connectivity index (χ1) is 6.57. The normalized spacial score (nSPS) is 38.6. The minimum Gasteiger partial charge on any atom is -0.316 e. The SMILES string of the molecule is CCC(C)N1CC2CNCC2C1(C)C. The van der Waals surface area contributed by atoms with Crippen molar-refractivity contribution in [3.8, 4) is 0 Å². The van der Waals surface area contributed by atoms with E-state index in [0.717, 1.165) is 17.9 Å². The van der Waals surface area contributed by atoms with Crippen LogP contribution in [-0.4, -0.2) is 36.1 Å². The van der Waals surface area contributed by atoms with E-state index in [1.165, 1.54) is 26.1 Å². The number of rotatable bonds is 2. The fourth-order valence-electron chi connectivity index (χ4n) is 3.42. The average molecular weight is 196 g/mol. The summed E-state index contributed by atoms with van der Waals surface area (Å²) in [6.07, 6.45) is 1.27. The van der Waals surface area contributed by atoms with Gasteiger partial charge in [0.2, 0.25) is 0 Å². The Kier molecular flexibility index (Phi) is 2.61. The van der Waals surface area contributed by atoms with E-state index >= 15 is 0 Å². The first-order valence-corrected chi connectivity index (χ1v) is 6.04. The molecule has 3 atom stereocenters. The molecule has 2 heteroatoms. The molecule has 0 amide bonds. The fourth-order valence-corrected chi connectivity index (χ4v) is 3.42. The lowest BCUT2D eigenvalue weighted by Crippen LogP contribution is -2.48. The molecule has 1 N–H and O–H groups in total. The van der Waals surface area contributed by atoms with Gasteiger partial charge in [0.05, 0.1) is 0 Å². The standard InChI is InChI=1S/C12H24N2/c1-5-9(2)14-8-10-6-13-7-11(10)12(14,3)4/h9-11,13H,5-8H2,1-4H3. The fraction of sp³-hybridized carbons (Fsp3) is 1.00. The van der Waals surface area contributed by atoms with Crippen molar-refractivity contribution < 1.29 is 0 Å². The maximum absolute atomic E-state index is 3.53. The molecule has 2 saturated heterocycles. The molecule has 3 unspecified atom stereocenters. The molecular weight excluding hydrogens is 172 g/mol. The molecule has 2 fully saturated rings. The molecule has 2 aliphatic rings. The third-order valence-corrected chi connectivity index (χ3v) is 4.54. The summed E-state index contributed by atoms with van der Waals surface area (Å²) in [4.78, 5) is 2.73. The monoisotopic (exact) mass is 196 g/mol. The lowest BCUT2D eigenvalue weighted by atomic mass is 9.84. The van der Waals surface area contributed by atoms with Crippen LogP contribution in [0.3, 0.4) is 0 Å². The largest absolute Gasteiger partial charge is 0.316 e. The molecule has 2 heterocycles. The first-order valence-electron chi connectivity index (χ1n) is 6.04. The minimum atomic E-state index is 0.406. The molecule has 0 bridgehead atoms. The van der Waals surface area contributed by atoms with Gasteiger partial charge < -0.3 is 5.32 Å². The molecular formula is C12H24N2. The van der Waals surface area contributed by atoms with E-state index in [2.05, 4.69) is 37.9 Å². The van der Waals surface area contributed by atoms with Crippen LogP contribution < -0.4 is 5.32 Å². The molecule has 0 aliphatic carbocycles. The summed E-state index contributed by atoms with van der Waals surface area (Å²) < 4.78 is 0. The van der Waals surface area contributed by atoms with Crippen molar-refractivity contribution in [1.82, 2.24) is 10.2 Å². The van der Waals surface area contributed by atoms with Crippen LogP contribution in [0.5, 0.6) is 0 Å². The number of fused-ring (bicyclic) bond motifs is 1. The van der Waals surface area contributed by atoms with Gasteiger partial charge in [0.1, 0.15) is 0 Å². The van der Waals surface area contributed by atoms with Crippen molar-refractivity contribution in [2.75, 3.05) is 19.6 Å². The molecule has 2 nitrogen and oxygen atoms in total. The molecule has 0 aromatic heterocycles. The number of nitrogens with one attached hydrogen (secondary N) is 1. The van der Waals surface area contributed by atoms with E-state index in [1.807, 2.05) is 0 Å². The molecule has 0 radical (unpaired) electrons. The van der Waals surface area contributed by atoms with Gasteiger partial charge >= 0.3 is 0 Å². The molecule has 2 rings (SSSR count). The van der Waals surface area contributed by atoms with Gasteiger partial charge in [-0.15, -0.1) is 0 Å². The predicted octanol–water partition coefficient (Wildman–Crippen LogP) is 1.71. The van der Waals surface area contributed by atoms with Crippen molar-refractivity contribution in [3.05, 3.63) is 0 Å². The van der Waals surface area contributed by atoms with Crippen LogP contribution in [0.4, 0.5) is 0 Å². The topological polar surface area (TPSA) is 15.3 Å². The Morgan fingerprint density at radius 1 is 1.43 bits per heavy atom. The third-order valence-electron chi connectivity index (χ3n) is 4.54. The molecule has 14 heavy (non-hydrogen) atoms. The zero-order valence-electron chi connectivity index (χ0n) is 10.0. The molecule has 0 saturated carbocycles. The summed E-state index contributed by atoms with van der Waals surface area (Å²) in [5.41, 5.74) is 0.406. The highest BCUT2D eigenvalue weighted by Crippen LogP contribution is 2.41. The van der Waals surface area contributed by atoms with E-state index in [-0.39, 0.29) is 0 Å². The zero-order chi connectivity index (χ0) is 10.3. The quantitative estimate of drug-likeness (QED) is 0.723. The Morgan fingerprint density at radius 2 is 2.14 bits per heavy atom. The average Bonchev–Trinajstić information content (AvgIpc) is 2.68. The van der Waals surface area contributed by atoms with Gasteiger partial charge in [0, 0.05) is 24.7 Å². The second kappa shape index (κ2) is 3.49. The van der Waals surface area contributed by atoms with Crippen molar-refractivity contribution in [2.45, 2.75) is 45.7 Å². The summed E-state index contributed by atoms with van der Waals surface area (Å²) in [7, 11) is 0. The Hall–Kier alpha value is -0.0800. The van der Waals surface area contributed by atoms with E-state index in [4.69, 9.17) is 0 Å². The Balaban J connectivity index is 2.14. The van der Waals surface area contributed by atoms with Crippen LogP contribution in [0.15, 0.2) is 0 Å². The minimum absolute atomic E-state index is 0.406. The van der Waals surface area contributed by atoms with Crippen molar-refractivity contribution in [2.24, 2.45) is 11.8 Å². The lowest BCUT2D eigenvalue weighted by molar-refractivity contribution is 0.0950. The third kappa shape index (κ3) is 1.40. The van der Waals surface area contributed by atoms with E-state index < -0.39 is 0 Å². The molecule has 82 valence electrons. The summed E-state index contributed by atoms with van der Waals surface area (Å²) in [6, 6.07) is 0.746. The van der Waals surface area contributed by atoms with Gasteiger partial charge in [-0.05, 0) is 45.6 Å². The lowest BCUT2D eigenvalue weighted by Gasteiger charge is -2.39. The van der Waals surface area contributed by atoms with Gasteiger partial charge in [-0.1, -0.05) is 6.92 Å². The predicted molar refractivity (Wildman–Crippen MR) is 60.4 cm³/mol. The Bertz CT molecular complexity index is 212. The maximum atomic E-state index is 3.53. The molecule has 0 aromatic carbocycles. The number of likely N-dealkylation sites (tertiary alicyclic amines) is 1. The highest BCUT2D eigenvalue weighted by molar-refractivity contribution is 5.05. The zero-order valence-corrected chi connectivity index (χ0v) is 10.0. The van der Waals surface area contributed by atoms with E-state index in [0.29, 0.717) is 5.54 Å². The van der Waals surface area contributed by atoms with Crippen molar-refractivity contribution in [3.63, 3.8) is 0 Å².